The number of carboxylic acids is 1. The Balaban J connectivity index is 2.61. The first-order chi connectivity index (χ1) is 8.91. The van der Waals surface area contributed by atoms with E-state index >= 15 is 0 Å². The quantitative estimate of drug-likeness (QED) is 0.537. The summed E-state index contributed by atoms with van der Waals surface area (Å²) in [5, 5.41) is 19.8. The average molecular weight is 267 g/mol. The Labute approximate surface area is 108 Å². The number of carbonyl (C=O) groups is 3. The third kappa shape index (κ3) is 4.40. The molecule has 19 heavy (non-hydrogen) atoms. The second kappa shape index (κ2) is 6.50. The lowest BCUT2D eigenvalue weighted by molar-refractivity contribution is -0.141. The molecule has 0 aliphatic carbocycles. The van der Waals surface area contributed by atoms with Crippen LogP contribution < -0.4 is 5.32 Å². The number of hydrogen-bond acceptors (Lipinski definition) is 5. The van der Waals surface area contributed by atoms with Gasteiger partial charge in [-0.2, -0.15) is 0 Å². The van der Waals surface area contributed by atoms with Gasteiger partial charge in [0.1, 0.15) is 0 Å². The van der Waals surface area contributed by atoms with Gasteiger partial charge in [-0.3, -0.25) is 0 Å². The third-order valence-corrected chi connectivity index (χ3v) is 2.22. The summed E-state index contributed by atoms with van der Waals surface area (Å²) < 4.78 is 4.40. The molecule has 0 saturated carbocycles. The lowest BCUT2D eigenvalue weighted by Gasteiger charge is -2.16. The van der Waals surface area contributed by atoms with Crippen molar-refractivity contribution in [2.45, 2.75) is 19.1 Å². The Morgan fingerprint density at radius 1 is 1.21 bits per heavy atom. The minimum absolute atomic E-state index is 0.154. The standard InChI is InChI=1S/C12H13NO6/c1-7(14)9(10(15)16)13-12(18)19-11(17)8-5-3-2-4-6-8/h2-7,9,14H,1H3,(H,13,18)(H,15,16)/t7-,9+/m1/s1. The van der Waals surface area contributed by atoms with Crippen LogP contribution in [0, 0.1) is 0 Å². The summed E-state index contributed by atoms with van der Waals surface area (Å²) >= 11 is 0. The van der Waals surface area contributed by atoms with E-state index in [-0.39, 0.29) is 5.56 Å². The first-order valence-corrected chi connectivity index (χ1v) is 5.40. The van der Waals surface area contributed by atoms with Crippen LogP contribution >= 0.6 is 0 Å². The van der Waals surface area contributed by atoms with E-state index in [9.17, 15) is 14.4 Å². The molecule has 0 unspecified atom stereocenters. The molecule has 0 fully saturated rings. The van der Waals surface area contributed by atoms with Gasteiger partial charge in [0.25, 0.3) is 0 Å². The van der Waals surface area contributed by atoms with Gasteiger partial charge >= 0.3 is 18.0 Å². The fourth-order valence-electron chi connectivity index (χ4n) is 1.26. The first-order valence-electron chi connectivity index (χ1n) is 5.40. The summed E-state index contributed by atoms with van der Waals surface area (Å²) in [6, 6.07) is 6.20. The van der Waals surface area contributed by atoms with E-state index in [2.05, 4.69) is 4.74 Å². The molecule has 0 aliphatic rings. The lowest BCUT2D eigenvalue weighted by atomic mass is 10.2. The minimum atomic E-state index is -1.55. The van der Waals surface area contributed by atoms with Crippen LogP contribution in [0.15, 0.2) is 30.3 Å². The summed E-state index contributed by atoms with van der Waals surface area (Å²) in [5.41, 5.74) is 0.154. The maximum Gasteiger partial charge on any atom is 0.415 e. The zero-order valence-electron chi connectivity index (χ0n) is 10.1. The Hall–Kier alpha value is -2.41. The van der Waals surface area contributed by atoms with Gasteiger partial charge in [-0.05, 0) is 19.1 Å². The van der Waals surface area contributed by atoms with Crippen molar-refractivity contribution < 1.29 is 29.3 Å². The van der Waals surface area contributed by atoms with Gasteiger partial charge in [0.15, 0.2) is 6.04 Å². The van der Waals surface area contributed by atoms with Crippen LogP contribution in [0.2, 0.25) is 0 Å². The predicted octanol–water partition coefficient (Wildman–Crippen LogP) is 0.387. The van der Waals surface area contributed by atoms with E-state index < -0.39 is 30.2 Å². The molecule has 102 valence electrons. The molecule has 3 N–H and O–H groups in total. The summed E-state index contributed by atoms with van der Waals surface area (Å²) in [4.78, 5) is 33.5. The van der Waals surface area contributed by atoms with Gasteiger partial charge in [0, 0.05) is 0 Å². The number of alkyl carbamates (subject to hydrolysis) is 1. The SMILES string of the molecule is C[C@@H](O)[C@H](NC(=O)OC(=O)c1ccccc1)C(=O)O. The molecule has 1 aromatic carbocycles. The van der Waals surface area contributed by atoms with E-state index in [4.69, 9.17) is 10.2 Å². The number of aliphatic hydroxyl groups excluding tert-OH is 1. The number of aliphatic carboxylic acids is 1. The Morgan fingerprint density at radius 3 is 2.26 bits per heavy atom. The van der Waals surface area contributed by atoms with Crippen molar-refractivity contribution in [2.24, 2.45) is 0 Å². The van der Waals surface area contributed by atoms with E-state index in [1.165, 1.54) is 19.1 Å². The number of esters is 1. The Morgan fingerprint density at radius 2 is 1.79 bits per heavy atom. The van der Waals surface area contributed by atoms with E-state index in [1.807, 2.05) is 5.32 Å². The molecule has 1 rings (SSSR count). The molecule has 1 aromatic rings. The molecule has 0 aliphatic heterocycles. The molecule has 0 heterocycles. The number of hydrogen-bond donors (Lipinski definition) is 3. The van der Waals surface area contributed by atoms with Crippen LogP contribution in [-0.2, 0) is 9.53 Å². The van der Waals surface area contributed by atoms with Crippen molar-refractivity contribution in [2.75, 3.05) is 0 Å². The number of nitrogens with one attached hydrogen (secondary N) is 1. The maximum atomic E-state index is 11.5. The highest BCUT2D eigenvalue weighted by Crippen LogP contribution is 2.02. The Bertz CT molecular complexity index is 470. The van der Waals surface area contributed by atoms with E-state index in [1.54, 1.807) is 18.2 Å². The zero-order valence-corrected chi connectivity index (χ0v) is 10.1. The van der Waals surface area contributed by atoms with Crippen molar-refractivity contribution in [1.29, 1.82) is 0 Å². The number of aliphatic hydroxyl groups is 1. The van der Waals surface area contributed by atoms with Gasteiger partial charge in [0.2, 0.25) is 0 Å². The fraction of sp³-hybridized carbons (Fsp3) is 0.250. The highest BCUT2D eigenvalue weighted by molar-refractivity contribution is 5.97. The van der Waals surface area contributed by atoms with Crippen LogP contribution in [0.5, 0.6) is 0 Å². The van der Waals surface area contributed by atoms with E-state index in [0.29, 0.717) is 0 Å². The van der Waals surface area contributed by atoms with E-state index in [0.717, 1.165) is 0 Å². The van der Waals surface area contributed by atoms with Gasteiger partial charge in [-0.15, -0.1) is 0 Å². The summed E-state index contributed by atoms with van der Waals surface area (Å²) in [5.74, 6) is -2.34. The highest BCUT2D eigenvalue weighted by atomic mass is 16.6. The van der Waals surface area contributed by atoms with Crippen molar-refractivity contribution >= 4 is 18.0 Å². The number of carboxylic acid groups (broad SMARTS) is 1. The molecule has 0 spiro atoms. The van der Waals surface area contributed by atoms with Crippen LogP contribution in [-0.4, -0.2) is 40.4 Å². The molecule has 7 heteroatoms. The molecular weight excluding hydrogens is 254 g/mol. The van der Waals surface area contributed by atoms with Crippen LogP contribution in [0.4, 0.5) is 4.79 Å². The first kappa shape index (κ1) is 14.7. The lowest BCUT2D eigenvalue weighted by Crippen LogP contribution is -2.48. The molecule has 7 nitrogen and oxygen atoms in total. The molecule has 0 aromatic heterocycles. The minimum Gasteiger partial charge on any atom is -0.480 e. The molecular formula is C12H13NO6. The maximum absolute atomic E-state index is 11.5. The molecule has 1 amide bonds. The number of carbonyl (C=O) groups excluding carboxylic acids is 2. The van der Waals surface area contributed by atoms with Crippen LogP contribution in [0.3, 0.4) is 0 Å². The summed E-state index contributed by atoms with van der Waals surface area (Å²) in [7, 11) is 0. The smallest absolute Gasteiger partial charge is 0.415 e. The van der Waals surface area contributed by atoms with Crippen LogP contribution in [0.25, 0.3) is 0 Å². The van der Waals surface area contributed by atoms with Gasteiger partial charge < -0.3 is 20.3 Å². The number of rotatable bonds is 4. The monoisotopic (exact) mass is 267 g/mol. The average Bonchev–Trinajstić information content (AvgIpc) is 2.36. The van der Waals surface area contributed by atoms with Crippen molar-refractivity contribution in [3.05, 3.63) is 35.9 Å². The zero-order chi connectivity index (χ0) is 14.4. The topological polar surface area (TPSA) is 113 Å². The van der Waals surface area contributed by atoms with Gasteiger partial charge in [-0.25, -0.2) is 14.4 Å². The molecule has 2 atom stereocenters. The van der Waals surface area contributed by atoms with Crippen molar-refractivity contribution in [3.8, 4) is 0 Å². The molecule has 0 radical (unpaired) electrons. The molecule has 0 bridgehead atoms. The second-order valence-corrected chi connectivity index (χ2v) is 3.74. The van der Waals surface area contributed by atoms with Crippen LogP contribution in [0.1, 0.15) is 17.3 Å². The van der Waals surface area contributed by atoms with Gasteiger partial charge in [-0.1, -0.05) is 18.2 Å². The summed E-state index contributed by atoms with van der Waals surface area (Å²) in [6.45, 7) is 1.19. The number of amides is 1. The fourth-order valence-corrected chi connectivity index (χ4v) is 1.26. The second-order valence-electron chi connectivity index (χ2n) is 3.74. The van der Waals surface area contributed by atoms with Crippen molar-refractivity contribution in [1.82, 2.24) is 5.32 Å². The molecule has 0 saturated heterocycles. The number of ether oxygens (including phenoxy) is 1. The van der Waals surface area contributed by atoms with Crippen molar-refractivity contribution in [3.63, 3.8) is 0 Å². The number of benzene rings is 1. The summed E-state index contributed by atoms with van der Waals surface area (Å²) in [6.07, 6.45) is -2.56. The third-order valence-electron chi connectivity index (χ3n) is 2.22. The largest absolute Gasteiger partial charge is 0.480 e. The van der Waals surface area contributed by atoms with Gasteiger partial charge in [0.05, 0.1) is 11.7 Å². The highest BCUT2D eigenvalue weighted by Gasteiger charge is 2.26. The predicted molar refractivity (Wildman–Crippen MR) is 63.5 cm³/mol. The normalized spacial score (nSPS) is 13.2. The Kier molecular flexibility index (Phi) is 5.01.